The van der Waals surface area contributed by atoms with Crippen LogP contribution in [0.1, 0.15) is 24.3 Å². The van der Waals surface area contributed by atoms with E-state index in [4.69, 9.17) is 0 Å². The van der Waals surface area contributed by atoms with E-state index in [2.05, 4.69) is 11.4 Å². The Bertz CT molecular complexity index is 292. The lowest BCUT2D eigenvalue weighted by Crippen LogP contribution is -2.37. The minimum Gasteiger partial charge on any atom is -0.508 e. The first-order valence-electron chi connectivity index (χ1n) is 4.76. The molecule has 2 rings (SSSR count). The van der Waals surface area contributed by atoms with Crippen molar-refractivity contribution in [1.82, 2.24) is 5.32 Å². The molecular formula is C11H15NO. The Morgan fingerprint density at radius 3 is 2.77 bits per heavy atom. The largest absolute Gasteiger partial charge is 0.508 e. The highest BCUT2D eigenvalue weighted by Gasteiger charge is 2.28. The van der Waals surface area contributed by atoms with E-state index in [0.29, 0.717) is 17.7 Å². The summed E-state index contributed by atoms with van der Waals surface area (Å²) in [6.07, 6.45) is 2.39. The number of phenols is 1. The summed E-state index contributed by atoms with van der Waals surface area (Å²) >= 11 is 0. The van der Waals surface area contributed by atoms with E-state index in [0.717, 1.165) is 0 Å². The first-order chi connectivity index (χ1) is 6.29. The van der Waals surface area contributed by atoms with Crippen molar-refractivity contribution in [2.45, 2.75) is 24.8 Å². The van der Waals surface area contributed by atoms with Gasteiger partial charge in [-0.3, -0.25) is 0 Å². The van der Waals surface area contributed by atoms with Crippen LogP contribution in [0.3, 0.4) is 0 Å². The van der Waals surface area contributed by atoms with Crippen molar-refractivity contribution in [3.63, 3.8) is 0 Å². The van der Waals surface area contributed by atoms with Gasteiger partial charge in [0.05, 0.1) is 0 Å². The third-order valence-corrected chi connectivity index (χ3v) is 2.89. The maximum Gasteiger partial charge on any atom is 0.115 e. The molecular weight excluding hydrogens is 162 g/mol. The fourth-order valence-corrected chi connectivity index (χ4v) is 1.90. The molecule has 0 heterocycles. The van der Waals surface area contributed by atoms with Crippen LogP contribution >= 0.6 is 0 Å². The Morgan fingerprint density at radius 1 is 1.38 bits per heavy atom. The molecule has 0 spiro atoms. The first-order valence-corrected chi connectivity index (χ1v) is 4.76. The Labute approximate surface area is 78.6 Å². The van der Waals surface area contributed by atoms with Crippen LogP contribution in [0.5, 0.6) is 5.75 Å². The van der Waals surface area contributed by atoms with Crippen molar-refractivity contribution in [2.24, 2.45) is 0 Å². The third-order valence-electron chi connectivity index (χ3n) is 2.89. The SMILES string of the molecule is CNC1CC(c2cccc(O)c2)C1. The molecule has 0 unspecified atom stereocenters. The average molecular weight is 177 g/mol. The molecule has 1 aromatic carbocycles. The van der Waals surface area contributed by atoms with E-state index in [1.807, 2.05) is 19.2 Å². The molecule has 13 heavy (non-hydrogen) atoms. The second-order valence-electron chi connectivity index (χ2n) is 3.75. The number of rotatable bonds is 2. The Morgan fingerprint density at radius 2 is 2.15 bits per heavy atom. The summed E-state index contributed by atoms with van der Waals surface area (Å²) < 4.78 is 0. The zero-order valence-electron chi connectivity index (χ0n) is 7.83. The second-order valence-corrected chi connectivity index (χ2v) is 3.75. The minimum atomic E-state index is 0.380. The van der Waals surface area contributed by atoms with Gasteiger partial charge in [-0.15, -0.1) is 0 Å². The van der Waals surface area contributed by atoms with Crippen molar-refractivity contribution in [1.29, 1.82) is 0 Å². The number of phenolic OH excluding ortho intramolecular Hbond substituents is 1. The summed E-state index contributed by atoms with van der Waals surface area (Å²) in [5, 5.41) is 12.5. The average Bonchev–Trinajstić information content (AvgIpc) is 2.02. The van der Waals surface area contributed by atoms with Crippen LogP contribution in [0, 0.1) is 0 Å². The van der Waals surface area contributed by atoms with Gasteiger partial charge >= 0.3 is 0 Å². The van der Waals surface area contributed by atoms with E-state index < -0.39 is 0 Å². The van der Waals surface area contributed by atoms with Crippen LogP contribution in [0.25, 0.3) is 0 Å². The molecule has 0 amide bonds. The van der Waals surface area contributed by atoms with E-state index in [-0.39, 0.29) is 0 Å². The van der Waals surface area contributed by atoms with Crippen molar-refractivity contribution >= 4 is 0 Å². The van der Waals surface area contributed by atoms with Gasteiger partial charge in [0.25, 0.3) is 0 Å². The lowest BCUT2D eigenvalue weighted by Gasteiger charge is -2.35. The molecule has 2 heteroatoms. The van der Waals surface area contributed by atoms with Gasteiger partial charge in [0.15, 0.2) is 0 Å². The van der Waals surface area contributed by atoms with E-state index in [1.54, 1.807) is 6.07 Å². The van der Waals surface area contributed by atoms with Gasteiger partial charge in [0, 0.05) is 6.04 Å². The van der Waals surface area contributed by atoms with E-state index in [9.17, 15) is 5.11 Å². The van der Waals surface area contributed by atoms with E-state index in [1.165, 1.54) is 18.4 Å². The smallest absolute Gasteiger partial charge is 0.115 e. The molecule has 0 bridgehead atoms. The Hall–Kier alpha value is -1.02. The van der Waals surface area contributed by atoms with Crippen LogP contribution in [0.15, 0.2) is 24.3 Å². The summed E-state index contributed by atoms with van der Waals surface area (Å²) in [6, 6.07) is 8.27. The zero-order valence-corrected chi connectivity index (χ0v) is 7.83. The van der Waals surface area contributed by atoms with Crippen LogP contribution in [-0.2, 0) is 0 Å². The quantitative estimate of drug-likeness (QED) is 0.722. The molecule has 2 N–H and O–H groups in total. The number of hydrogen-bond donors (Lipinski definition) is 2. The monoisotopic (exact) mass is 177 g/mol. The normalized spacial score (nSPS) is 26.8. The molecule has 2 nitrogen and oxygen atoms in total. The topological polar surface area (TPSA) is 32.3 Å². The number of hydrogen-bond acceptors (Lipinski definition) is 2. The number of nitrogens with one attached hydrogen (secondary N) is 1. The van der Waals surface area contributed by atoms with Crippen molar-refractivity contribution in [3.05, 3.63) is 29.8 Å². The standard InChI is InChI=1S/C11H15NO/c1-12-10-5-9(6-10)8-3-2-4-11(13)7-8/h2-4,7,9-10,12-13H,5-6H2,1H3. The summed E-state index contributed by atoms with van der Waals surface area (Å²) in [7, 11) is 2.00. The lowest BCUT2D eigenvalue weighted by molar-refractivity contribution is 0.306. The maximum atomic E-state index is 9.29. The number of aromatic hydroxyl groups is 1. The summed E-state index contributed by atoms with van der Waals surface area (Å²) in [5.74, 6) is 1.02. The highest BCUT2D eigenvalue weighted by atomic mass is 16.3. The molecule has 0 aromatic heterocycles. The molecule has 0 atom stereocenters. The summed E-state index contributed by atoms with van der Waals surface area (Å²) in [5.41, 5.74) is 1.27. The van der Waals surface area contributed by atoms with Gasteiger partial charge in [-0.05, 0) is 43.5 Å². The van der Waals surface area contributed by atoms with Crippen LogP contribution < -0.4 is 5.32 Å². The lowest BCUT2D eigenvalue weighted by atomic mass is 9.76. The van der Waals surface area contributed by atoms with Gasteiger partial charge in [-0.2, -0.15) is 0 Å². The van der Waals surface area contributed by atoms with Crippen molar-refractivity contribution in [2.75, 3.05) is 7.05 Å². The first kappa shape index (κ1) is 8.57. The molecule has 0 radical (unpaired) electrons. The Balaban J connectivity index is 2.03. The predicted octanol–water partition coefficient (Wildman–Crippen LogP) is 1.86. The highest BCUT2D eigenvalue weighted by molar-refractivity contribution is 5.31. The fraction of sp³-hybridized carbons (Fsp3) is 0.455. The van der Waals surface area contributed by atoms with Gasteiger partial charge in [-0.25, -0.2) is 0 Å². The molecule has 1 fully saturated rings. The van der Waals surface area contributed by atoms with Gasteiger partial charge in [-0.1, -0.05) is 12.1 Å². The number of benzene rings is 1. The molecule has 1 aliphatic rings. The molecule has 70 valence electrons. The maximum absolute atomic E-state index is 9.29. The second kappa shape index (κ2) is 3.38. The summed E-state index contributed by atoms with van der Waals surface area (Å²) in [6.45, 7) is 0. The van der Waals surface area contributed by atoms with Gasteiger partial charge in [0.1, 0.15) is 5.75 Å². The molecule has 1 aliphatic carbocycles. The highest BCUT2D eigenvalue weighted by Crippen LogP contribution is 2.37. The Kier molecular flexibility index (Phi) is 2.23. The van der Waals surface area contributed by atoms with Gasteiger partial charge < -0.3 is 10.4 Å². The van der Waals surface area contributed by atoms with Crippen LogP contribution in [-0.4, -0.2) is 18.2 Å². The molecule has 1 aromatic rings. The van der Waals surface area contributed by atoms with Crippen LogP contribution in [0.2, 0.25) is 0 Å². The van der Waals surface area contributed by atoms with Gasteiger partial charge in [0.2, 0.25) is 0 Å². The third kappa shape index (κ3) is 1.68. The molecule has 0 aliphatic heterocycles. The minimum absolute atomic E-state index is 0.380. The predicted molar refractivity (Wildman–Crippen MR) is 52.9 cm³/mol. The zero-order chi connectivity index (χ0) is 9.26. The van der Waals surface area contributed by atoms with Crippen molar-refractivity contribution < 1.29 is 5.11 Å². The summed E-state index contributed by atoms with van der Waals surface area (Å²) in [4.78, 5) is 0. The van der Waals surface area contributed by atoms with Crippen LogP contribution in [0.4, 0.5) is 0 Å². The molecule has 0 saturated heterocycles. The van der Waals surface area contributed by atoms with Crippen molar-refractivity contribution in [3.8, 4) is 5.75 Å². The molecule has 1 saturated carbocycles. The fourth-order valence-electron chi connectivity index (χ4n) is 1.90. The van der Waals surface area contributed by atoms with E-state index >= 15 is 0 Å².